The Bertz CT molecular complexity index is 1410. The molecule has 9 nitrogen and oxygen atoms in total. The first-order valence-electron chi connectivity index (χ1n) is 12.0. The largest absolute Gasteiger partial charge is 0.438 e. The lowest BCUT2D eigenvalue weighted by molar-refractivity contribution is -0.141. The number of fused-ring (bicyclic) bond motifs is 1. The minimum Gasteiger partial charge on any atom is -0.438 e. The van der Waals surface area contributed by atoms with Gasteiger partial charge < -0.3 is 25.2 Å². The van der Waals surface area contributed by atoms with Crippen molar-refractivity contribution in [3.8, 4) is 11.6 Å². The first-order chi connectivity index (χ1) is 18.6. The molecular weight excluding hydrogens is 511 g/mol. The summed E-state index contributed by atoms with van der Waals surface area (Å²) in [6.45, 7) is 1.82. The Morgan fingerprint density at radius 1 is 0.949 bits per heavy atom. The Balaban J connectivity index is 1.34. The van der Waals surface area contributed by atoms with Crippen molar-refractivity contribution < 1.29 is 22.7 Å². The molecule has 0 aliphatic rings. The van der Waals surface area contributed by atoms with E-state index in [1.165, 1.54) is 12.4 Å². The molecule has 0 aliphatic heterocycles. The zero-order chi connectivity index (χ0) is 28.0. The van der Waals surface area contributed by atoms with Crippen molar-refractivity contribution in [2.24, 2.45) is 0 Å². The molecular formula is C27H28F3N7O2. The van der Waals surface area contributed by atoms with Crippen molar-refractivity contribution in [2.75, 3.05) is 44.4 Å². The standard InChI is InChI=1S/C27H28F3N7O2/c1-36(2)12-13-37(3)20-7-10-22-23(14-20)33-17-34-25(22)39-21-8-5-19(6-9-21)35-26(38)32-16-18-4-11-24(31-15-18)27(28,29)30/h4-11,14-15,17H,12-13,16H2,1-3H3,(H2,32,35,38). The molecule has 0 unspecified atom stereocenters. The number of pyridine rings is 1. The van der Waals surface area contributed by atoms with Gasteiger partial charge in [0.1, 0.15) is 17.8 Å². The molecule has 4 rings (SSSR count). The number of likely N-dealkylation sites (N-methyl/N-ethyl adjacent to an activating group) is 2. The van der Waals surface area contributed by atoms with Crippen LogP contribution in [0.5, 0.6) is 11.6 Å². The minimum atomic E-state index is -4.51. The highest BCUT2D eigenvalue weighted by Crippen LogP contribution is 2.30. The molecule has 2 aromatic heterocycles. The molecule has 0 aliphatic carbocycles. The number of rotatable bonds is 9. The molecule has 204 valence electrons. The Morgan fingerprint density at radius 2 is 1.72 bits per heavy atom. The van der Waals surface area contributed by atoms with E-state index in [9.17, 15) is 18.0 Å². The predicted molar refractivity (Wildman–Crippen MR) is 143 cm³/mol. The van der Waals surface area contributed by atoms with Crippen LogP contribution in [0.2, 0.25) is 0 Å². The summed E-state index contributed by atoms with van der Waals surface area (Å²) in [6.07, 6.45) is -1.98. The monoisotopic (exact) mass is 539 g/mol. The molecule has 12 heteroatoms. The smallest absolute Gasteiger partial charge is 0.433 e. The third-order valence-corrected chi connectivity index (χ3v) is 5.80. The van der Waals surface area contributed by atoms with Crippen molar-refractivity contribution in [2.45, 2.75) is 12.7 Å². The van der Waals surface area contributed by atoms with Gasteiger partial charge in [0, 0.05) is 44.3 Å². The summed E-state index contributed by atoms with van der Waals surface area (Å²) >= 11 is 0. The number of alkyl halides is 3. The van der Waals surface area contributed by atoms with Crippen LogP contribution in [0.3, 0.4) is 0 Å². The van der Waals surface area contributed by atoms with Gasteiger partial charge in [-0.1, -0.05) is 6.07 Å². The van der Waals surface area contributed by atoms with Crippen LogP contribution in [0.1, 0.15) is 11.3 Å². The number of carbonyl (C=O) groups is 1. The average molecular weight is 540 g/mol. The van der Waals surface area contributed by atoms with Crippen molar-refractivity contribution in [3.05, 3.63) is 78.4 Å². The van der Waals surface area contributed by atoms with E-state index in [2.05, 4.69) is 35.4 Å². The zero-order valence-corrected chi connectivity index (χ0v) is 21.7. The van der Waals surface area contributed by atoms with Crippen LogP contribution < -0.4 is 20.3 Å². The van der Waals surface area contributed by atoms with Gasteiger partial charge in [0.15, 0.2) is 0 Å². The first-order valence-corrected chi connectivity index (χ1v) is 12.0. The van der Waals surface area contributed by atoms with Gasteiger partial charge in [-0.05, 0) is 68.2 Å². The second kappa shape index (κ2) is 11.9. The van der Waals surface area contributed by atoms with E-state index in [0.717, 1.165) is 41.9 Å². The lowest BCUT2D eigenvalue weighted by atomic mass is 10.2. The molecule has 0 spiro atoms. The van der Waals surface area contributed by atoms with Crippen LogP contribution in [-0.4, -0.2) is 60.1 Å². The molecule has 2 amide bonds. The zero-order valence-electron chi connectivity index (χ0n) is 21.7. The van der Waals surface area contributed by atoms with Crippen molar-refractivity contribution in [3.63, 3.8) is 0 Å². The van der Waals surface area contributed by atoms with Crippen LogP contribution >= 0.6 is 0 Å². The Kier molecular flexibility index (Phi) is 8.45. The maximum atomic E-state index is 12.6. The van der Waals surface area contributed by atoms with Crippen LogP contribution in [0.15, 0.2) is 67.1 Å². The lowest BCUT2D eigenvalue weighted by Gasteiger charge is -2.21. The molecule has 4 aromatic rings. The number of anilines is 2. The number of hydrogen-bond donors (Lipinski definition) is 2. The quantitative estimate of drug-likeness (QED) is 0.304. The van der Waals surface area contributed by atoms with Gasteiger partial charge >= 0.3 is 12.2 Å². The molecule has 39 heavy (non-hydrogen) atoms. The third-order valence-electron chi connectivity index (χ3n) is 5.80. The molecule has 2 N–H and O–H groups in total. The van der Waals surface area contributed by atoms with Gasteiger partial charge in [0.25, 0.3) is 0 Å². The molecule has 2 aromatic carbocycles. The second-order valence-electron chi connectivity index (χ2n) is 9.09. The number of ether oxygens (including phenoxy) is 1. The SMILES string of the molecule is CN(C)CCN(C)c1ccc2c(Oc3ccc(NC(=O)NCc4ccc(C(F)(F)F)nc4)cc3)ncnc2c1. The highest BCUT2D eigenvalue weighted by Gasteiger charge is 2.32. The Labute approximate surface area is 223 Å². The summed E-state index contributed by atoms with van der Waals surface area (Å²) in [6, 6.07) is 14.2. The van der Waals surface area contributed by atoms with E-state index < -0.39 is 17.9 Å². The number of benzene rings is 2. The van der Waals surface area contributed by atoms with E-state index in [1.54, 1.807) is 24.3 Å². The number of amides is 2. The lowest BCUT2D eigenvalue weighted by Crippen LogP contribution is -2.28. The summed E-state index contributed by atoms with van der Waals surface area (Å²) in [5.41, 5.74) is 1.75. The maximum Gasteiger partial charge on any atom is 0.433 e. The fourth-order valence-corrected chi connectivity index (χ4v) is 3.59. The molecule has 0 saturated heterocycles. The maximum absolute atomic E-state index is 12.6. The van der Waals surface area contributed by atoms with Gasteiger partial charge in [-0.25, -0.2) is 14.8 Å². The first kappa shape index (κ1) is 27.6. The van der Waals surface area contributed by atoms with E-state index in [0.29, 0.717) is 22.9 Å². The number of nitrogens with one attached hydrogen (secondary N) is 2. The number of aromatic nitrogens is 3. The second-order valence-corrected chi connectivity index (χ2v) is 9.09. The average Bonchev–Trinajstić information content (AvgIpc) is 2.91. The predicted octanol–water partition coefficient (Wildman–Crippen LogP) is 5.16. The van der Waals surface area contributed by atoms with Gasteiger partial charge in [-0.2, -0.15) is 13.2 Å². The molecule has 0 fully saturated rings. The van der Waals surface area contributed by atoms with Gasteiger partial charge in [-0.3, -0.25) is 4.98 Å². The summed E-state index contributed by atoms with van der Waals surface area (Å²) in [5, 5.41) is 6.01. The number of nitrogens with zero attached hydrogens (tertiary/aromatic N) is 5. The molecule has 0 saturated carbocycles. The topological polar surface area (TPSA) is 95.5 Å². The van der Waals surface area contributed by atoms with Crippen molar-refractivity contribution in [1.82, 2.24) is 25.2 Å². The van der Waals surface area contributed by atoms with Crippen LogP contribution in [-0.2, 0) is 12.7 Å². The van der Waals surface area contributed by atoms with Crippen LogP contribution in [0, 0.1) is 0 Å². The Morgan fingerprint density at radius 3 is 2.38 bits per heavy atom. The van der Waals surface area contributed by atoms with E-state index in [1.807, 2.05) is 39.3 Å². The van der Waals surface area contributed by atoms with Gasteiger partial charge in [-0.15, -0.1) is 0 Å². The summed E-state index contributed by atoms with van der Waals surface area (Å²) < 4.78 is 43.8. The fourth-order valence-electron chi connectivity index (χ4n) is 3.59. The minimum absolute atomic E-state index is 0.0199. The van der Waals surface area contributed by atoms with E-state index in [-0.39, 0.29) is 6.54 Å². The van der Waals surface area contributed by atoms with Crippen molar-refractivity contribution >= 4 is 28.3 Å². The normalized spacial score (nSPS) is 11.5. The molecule has 0 atom stereocenters. The highest BCUT2D eigenvalue weighted by molar-refractivity contribution is 5.89. The van der Waals surface area contributed by atoms with E-state index >= 15 is 0 Å². The number of hydrogen-bond acceptors (Lipinski definition) is 7. The van der Waals surface area contributed by atoms with Crippen molar-refractivity contribution in [1.29, 1.82) is 0 Å². The van der Waals surface area contributed by atoms with E-state index in [4.69, 9.17) is 4.74 Å². The van der Waals surface area contributed by atoms with Crippen LogP contribution in [0.25, 0.3) is 10.9 Å². The number of urea groups is 1. The molecule has 0 radical (unpaired) electrons. The number of halogens is 3. The fraction of sp³-hybridized carbons (Fsp3) is 0.259. The third kappa shape index (κ3) is 7.54. The number of carbonyl (C=O) groups excluding carboxylic acids is 1. The Hall–Kier alpha value is -4.45. The summed E-state index contributed by atoms with van der Waals surface area (Å²) in [4.78, 5) is 28.5. The summed E-state index contributed by atoms with van der Waals surface area (Å²) in [7, 11) is 6.10. The molecule has 0 bridgehead atoms. The summed E-state index contributed by atoms with van der Waals surface area (Å²) in [5.74, 6) is 0.926. The van der Waals surface area contributed by atoms with Gasteiger partial charge in [0.05, 0.1) is 10.9 Å². The van der Waals surface area contributed by atoms with Crippen LogP contribution in [0.4, 0.5) is 29.3 Å². The highest BCUT2D eigenvalue weighted by atomic mass is 19.4. The van der Waals surface area contributed by atoms with Gasteiger partial charge in [0.2, 0.25) is 5.88 Å². The molecule has 2 heterocycles.